The summed E-state index contributed by atoms with van der Waals surface area (Å²) in [6.07, 6.45) is 0.795. The maximum atomic E-state index is 11.3. The molecule has 0 fully saturated rings. The molecule has 0 saturated carbocycles. The van der Waals surface area contributed by atoms with Gasteiger partial charge in [0.15, 0.2) is 0 Å². The van der Waals surface area contributed by atoms with Crippen molar-refractivity contribution in [1.29, 1.82) is 0 Å². The van der Waals surface area contributed by atoms with Gasteiger partial charge in [-0.05, 0) is 47.9 Å². The summed E-state index contributed by atoms with van der Waals surface area (Å²) in [7, 11) is 0. The lowest BCUT2D eigenvalue weighted by Gasteiger charge is -2.18. The SMILES string of the molecule is CC(Cc1ccsc1)Nc1c(Cl)cc(N)cc1C(=O)O. The normalized spacial score (nSPS) is 12.1. The van der Waals surface area contributed by atoms with E-state index in [0.717, 1.165) is 6.42 Å². The molecule has 0 aliphatic heterocycles. The van der Waals surface area contributed by atoms with Crippen molar-refractivity contribution in [3.8, 4) is 0 Å². The second-order valence-electron chi connectivity index (χ2n) is 4.61. The second-order valence-corrected chi connectivity index (χ2v) is 5.80. The first kappa shape index (κ1) is 14.7. The van der Waals surface area contributed by atoms with Gasteiger partial charge in [-0.1, -0.05) is 11.6 Å². The average Bonchev–Trinajstić information content (AvgIpc) is 2.84. The molecule has 1 heterocycles. The van der Waals surface area contributed by atoms with E-state index in [0.29, 0.717) is 16.4 Å². The molecule has 0 spiro atoms. The number of anilines is 2. The number of nitrogens with two attached hydrogens (primary N) is 1. The van der Waals surface area contributed by atoms with E-state index in [4.69, 9.17) is 17.3 Å². The fraction of sp³-hybridized carbons (Fsp3) is 0.214. The molecule has 1 atom stereocenters. The highest BCUT2D eigenvalue weighted by Gasteiger charge is 2.16. The Hall–Kier alpha value is -1.72. The lowest BCUT2D eigenvalue weighted by atomic mass is 10.1. The van der Waals surface area contributed by atoms with Gasteiger partial charge in [-0.25, -0.2) is 4.79 Å². The molecule has 4 N–H and O–H groups in total. The van der Waals surface area contributed by atoms with E-state index in [1.807, 2.05) is 18.4 Å². The van der Waals surface area contributed by atoms with Gasteiger partial charge in [0.1, 0.15) is 0 Å². The third kappa shape index (κ3) is 3.43. The van der Waals surface area contributed by atoms with Crippen molar-refractivity contribution in [2.75, 3.05) is 11.1 Å². The van der Waals surface area contributed by atoms with Crippen LogP contribution >= 0.6 is 22.9 Å². The zero-order chi connectivity index (χ0) is 14.7. The van der Waals surface area contributed by atoms with Gasteiger partial charge in [-0.3, -0.25) is 0 Å². The minimum Gasteiger partial charge on any atom is -0.478 e. The van der Waals surface area contributed by atoms with E-state index in [1.54, 1.807) is 17.4 Å². The van der Waals surface area contributed by atoms with Gasteiger partial charge >= 0.3 is 5.97 Å². The number of nitrogen functional groups attached to an aromatic ring is 1. The number of hydrogen-bond acceptors (Lipinski definition) is 4. The number of thiophene rings is 1. The van der Waals surface area contributed by atoms with Gasteiger partial charge in [0.05, 0.1) is 16.3 Å². The predicted molar refractivity (Wildman–Crippen MR) is 83.9 cm³/mol. The fourth-order valence-electron chi connectivity index (χ4n) is 2.00. The van der Waals surface area contributed by atoms with Gasteiger partial charge in [-0.15, -0.1) is 0 Å². The van der Waals surface area contributed by atoms with E-state index >= 15 is 0 Å². The van der Waals surface area contributed by atoms with E-state index in [9.17, 15) is 9.90 Å². The molecule has 1 aromatic carbocycles. The Morgan fingerprint density at radius 2 is 2.30 bits per heavy atom. The Balaban J connectivity index is 2.22. The van der Waals surface area contributed by atoms with E-state index in [-0.39, 0.29) is 11.6 Å². The van der Waals surface area contributed by atoms with Crippen LogP contribution in [-0.4, -0.2) is 17.1 Å². The van der Waals surface area contributed by atoms with Crippen LogP contribution in [0, 0.1) is 0 Å². The molecule has 2 rings (SSSR count). The molecule has 20 heavy (non-hydrogen) atoms. The number of carbonyl (C=O) groups is 1. The lowest BCUT2D eigenvalue weighted by Crippen LogP contribution is -2.20. The average molecular weight is 311 g/mol. The summed E-state index contributed by atoms with van der Waals surface area (Å²) in [5, 5.41) is 16.8. The van der Waals surface area contributed by atoms with Crippen molar-refractivity contribution < 1.29 is 9.90 Å². The van der Waals surface area contributed by atoms with Crippen molar-refractivity contribution in [2.24, 2.45) is 0 Å². The third-order valence-corrected chi connectivity index (χ3v) is 3.89. The first-order valence-corrected chi connectivity index (χ1v) is 7.39. The summed E-state index contributed by atoms with van der Waals surface area (Å²) in [5.74, 6) is -1.05. The highest BCUT2D eigenvalue weighted by molar-refractivity contribution is 7.07. The van der Waals surface area contributed by atoms with Crippen molar-refractivity contribution in [3.63, 3.8) is 0 Å². The summed E-state index contributed by atoms with van der Waals surface area (Å²) in [4.78, 5) is 11.3. The van der Waals surface area contributed by atoms with Crippen LogP contribution in [0.1, 0.15) is 22.8 Å². The summed E-state index contributed by atoms with van der Waals surface area (Å²) in [6.45, 7) is 1.98. The molecule has 0 aliphatic rings. The molecule has 106 valence electrons. The van der Waals surface area contributed by atoms with Crippen molar-refractivity contribution in [1.82, 2.24) is 0 Å². The molecule has 4 nitrogen and oxygen atoms in total. The van der Waals surface area contributed by atoms with Crippen LogP contribution in [0.15, 0.2) is 29.0 Å². The smallest absolute Gasteiger partial charge is 0.337 e. The number of hydrogen-bond donors (Lipinski definition) is 3. The zero-order valence-electron chi connectivity index (χ0n) is 10.9. The summed E-state index contributed by atoms with van der Waals surface area (Å²) in [6, 6.07) is 5.07. The first-order valence-electron chi connectivity index (χ1n) is 6.07. The first-order chi connectivity index (χ1) is 9.47. The number of rotatable bonds is 5. The predicted octanol–water partition coefficient (Wildman–Crippen LogP) is 3.73. The Morgan fingerprint density at radius 1 is 1.55 bits per heavy atom. The van der Waals surface area contributed by atoms with Crippen molar-refractivity contribution >= 4 is 40.3 Å². The summed E-state index contributed by atoms with van der Waals surface area (Å²) < 4.78 is 0. The molecule has 0 bridgehead atoms. The van der Waals surface area contributed by atoms with Crippen LogP contribution in [0.25, 0.3) is 0 Å². The number of benzene rings is 1. The Labute approximate surface area is 126 Å². The van der Waals surface area contributed by atoms with Crippen LogP contribution in [-0.2, 0) is 6.42 Å². The summed E-state index contributed by atoms with van der Waals surface area (Å²) in [5.41, 5.74) is 7.68. The molecular weight excluding hydrogens is 296 g/mol. The van der Waals surface area contributed by atoms with Crippen LogP contribution in [0.3, 0.4) is 0 Å². The molecule has 0 aliphatic carbocycles. The van der Waals surface area contributed by atoms with Gasteiger partial charge in [0, 0.05) is 11.7 Å². The van der Waals surface area contributed by atoms with E-state index in [2.05, 4.69) is 10.7 Å². The van der Waals surface area contributed by atoms with Crippen LogP contribution < -0.4 is 11.1 Å². The highest BCUT2D eigenvalue weighted by atomic mass is 35.5. The number of halogens is 1. The van der Waals surface area contributed by atoms with Gasteiger partial charge < -0.3 is 16.2 Å². The minimum absolute atomic E-state index is 0.0591. The number of aromatic carboxylic acids is 1. The fourth-order valence-corrected chi connectivity index (χ4v) is 2.97. The molecule has 6 heteroatoms. The van der Waals surface area contributed by atoms with Crippen LogP contribution in [0.4, 0.5) is 11.4 Å². The van der Waals surface area contributed by atoms with Gasteiger partial charge in [-0.2, -0.15) is 11.3 Å². The molecule has 1 unspecified atom stereocenters. The van der Waals surface area contributed by atoms with E-state index < -0.39 is 5.97 Å². The van der Waals surface area contributed by atoms with E-state index in [1.165, 1.54) is 11.6 Å². The third-order valence-electron chi connectivity index (χ3n) is 2.86. The number of nitrogens with one attached hydrogen (secondary N) is 1. The minimum atomic E-state index is -1.05. The Kier molecular flexibility index (Phi) is 4.52. The van der Waals surface area contributed by atoms with Crippen molar-refractivity contribution in [2.45, 2.75) is 19.4 Å². The van der Waals surface area contributed by atoms with Crippen molar-refractivity contribution in [3.05, 3.63) is 45.1 Å². The zero-order valence-corrected chi connectivity index (χ0v) is 12.5. The largest absolute Gasteiger partial charge is 0.478 e. The number of carboxylic acid groups (broad SMARTS) is 1. The maximum absolute atomic E-state index is 11.3. The van der Waals surface area contributed by atoms with Crippen LogP contribution in [0.2, 0.25) is 5.02 Å². The molecule has 0 radical (unpaired) electrons. The maximum Gasteiger partial charge on any atom is 0.337 e. The Bertz CT molecular complexity index is 614. The molecule has 2 aromatic rings. The molecule has 1 aromatic heterocycles. The topological polar surface area (TPSA) is 75.3 Å². The quantitative estimate of drug-likeness (QED) is 0.736. The monoisotopic (exact) mass is 310 g/mol. The van der Waals surface area contributed by atoms with Gasteiger partial charge in [0.25, 0.3) is 0 Å². The standard InChI is InChI=1S/C14H15ClN2O2S/c1-8(4-9-2-3-20-7-9)17-13-11(14(18)19)5-10(16)6-12(13)15/h2-3,5-8,17H,4,16H2,1H3,(H,18,19). The van der Waals surface area contributed by atoms with Gasteiger partial charge in [0.2, 0.25) is 0 Å². The van der Waals surface area contributed by atoms with Crippen LogP contribution in [0.5, 0.6) is 0 Å². The Morgan fingerprint density at radius 3 is 2.90 bits per heavy atom. The summed E-state index contributed by atoms with van der Waals surface area (Å²) >= 11 is 7.74. The number of carboxylic acids is 1. The molecular formula is C14H15ClN2O2S. The second kappa shape index (κ2) is 6.15. The highest BCUT2D eigenvalue weighted by Crippen LogP contribution is 2.30. The molecule has 0 saturated heterocycles. The lowest BCUT2D eigenvalue weighted by molar-refractivity contribution is 0.0698. The molecule has 0 amide bonds.